The number of carbonyl (C=O) groups excluding carboxylic acids is 1. The molecular weight excluding hydrogens is 239 g/mol. The Morgan fingerprint density at radius 1 is 1.41 bits per heavy atom. The Morgan fingerprint density at radius 2 is 2.12 bits per heavy atom. The molecule has 0 saturated heterocycles. The second kappa shape index (κ2) is 3.65. The van der Waals surface area contributed by atoms with Crippen LogP contribution in [0, 0.1) is 0 Å². The normalized spacial score (nSPS) is 11.7. The summed E-state index contributed by atoms with van der Waals surface area (Å²) in [5.74, 6) is 0. The zero-order chi connectivity index (χ0) is 12.6. The van der Waals surface area contributed by atoms with E-state index in [1.807, 2.05) is 0 Å². The first kappa shape index (κ1) is 11.2. The van der Waals surface area contributed by atoms with Gasteiger partial charge in [0.2, 0.25) is 0 Å². The van der Waals surface area contributed by atoms with E-state index in [2.05, 4.69) is 14.7 Å². The number of benzene rings is 1. The number of hydrogen-bond donors (Lipinski definition) is 2. The molecule has 2 aromatic rings. The fourth-order valence-corrected chi connectivity index (χ4v) is 1.31. The Kier molecular flexibility index (Phi) is 2.41. The molecule has 1 amide bonds. The number of amides is 1. The van der Waals surface area contributed by atoms with Crippen molar-refractivity contribution in [3.63, 3.8) is 0 Å². The first-order chi connectivity index (χ1) is 7.86. The zero-order valence-electron chi connectivity index (χ0n) is 8.21. The van der Waals surface area contributed by atoms with Crippen LogP contribution in [-0.4, -0.2) is 16.1 Å². The van der Waals surface area contributed by atoms with Gasteiger partial charge < -0.3 is 15.5 Å². The minimum absolute atomic E-state index is 0.107. The van der Waals surface area contributed by atoms with Crippen molar-refractivity contribution in [1.29, 1.82) is 0 Å². The van der Waals surface area contributed by atoms with E-state index < -0.39 is 17.8 Å². The predicted octanol–water partition coefficient (Wildman–Crippen LogP) is 2.04. The van der Waals surface area contributed by atoms with Crippen LogP contribution in [0.15, 0.2) is 18.2 Å². The molecule has 17 heavy (non-hydrogen) atoms. The van der Waals surface area contributed by atoms with Gasteiger partial charge in [0.25, 0.3) is 0 Å². The lowest BCUT2D eigenvalue weighted by molar-refractivity contribution is -0.137. The van der Waals surface area contributed by atoms with Crippen LogP contribution in [0.4, 0.5) is 18.0 Å². The summed E-state index contributed by atoms with van der Waals surface area (Å²) in [4.78, 5) is 16.6. The van der Waals surface area contributed by atoms with Gasteiger partial charge in [-0.1, -0.05) is 0 Å². The summed E-state index contributed by atoms with van der Waals surface area (Å²) in [7, 11) is 0. The molecule has 5 nitrogen and oxygen atoms in total. The fraction of sp³-hybridized carbons (Fsp3) is 0.111. The summed E-state index contributed by atoms with van der Waals surface area (Å²) in [5.41, 5.74) is 4.28. The van der Waals surface area contributed by atoms with E-state index in [1.54, 1.807) is 0 Å². The van der Waals surface area contributed by atoms with Gasteiger partial charge in [0.15, 0.2) is 0 Å². The van der Waals surface area contributed by atoms with Crippen LogP contribution in [-0.2, 0) is 6.18 Å². The number of halogens is 3. The van der Waals surface area contributed by atoms with Gasteiger partial charge in [-0.25, -0.2) is 4.79 Å². The maximum atomic E-state index is 12.4. The van der Waals surface area contributed by atoms with E-state index in [-0.39, 0.29) is 17.0 Å². The Balaban J connectivity index is 2.44. The van der Waals surface area contributed by atoms with Crippen molar-refractivity contribution >= 4 is 17.1 Å². The third kappa shape index (κ3) is 2.30. The first-order valence-corrected chi connectivity index (χ1v) is 4.40. The average Bonchev–Trinajstić information content (AvgIpc) is 2.55. The number of rotatable bonds is 1. The van der Waals surface area contributed by atoms with Crippen molar-refractivity contribution in [2.75, 3.05) is 0 Å². The SMILES string of the molecule is NC(=O)Oc1nc2ccc(C(F)(F)F)cc2[nH]1. The maximum absolute atomic E-state index is 12.4. The van der Waals surface area contributed by atoms with E-state index in [0.29, 0.717) is 0 Å². The van der Waals surface area contributed by atoms with Gasteiger partial charge in [0.05, 0.1) is 16.6 Å². The highest BCUT2D eigenvalue weighted by atomic mass is 19.4. The fourth-order valence-electron chi connectivity index (χ4n) is 1.31. The van der Waals surface area contributed by atoms with Crippen molar-refractivity contribution in [3.05, 3.63) is 23.8 Å². The van der Waals surface area contributed by atoms with E-state index in [0.717, 1.165) is 12.1 Å². The maximum Gasteiger partial charge on any atom is 0.416 e. The van der Waals surface area contributed by atoms with Crippen molar-refractivity contribution in [1.82, 2.24) is 9.97 Å². The highest BCUT2D eigenvalue weighted by Crippen LogP contribution is 2.31. The third-order valence-corrected chi connectivity index (χ3v) is 1.98. The lowest BCUT2D eigenvalue weighted by atomic mass is 10.2. The second-order valence-electron chi connectivity index (χ2n) is 3.19. The molecule has 90 valence electrons. The monoisotopic (exact) mass is 245 g/mol. The lowest BCUT2D eigenvalue weighted by Crippen LogP contribution is -2.16. The smallest absolute Gasteiger partial charge is 0.376 e. The van der Waals surface area contributed by atoms with E-state index in [1.165, 1.54) is 6.07 Å². The lowest BCUT2D eigenvalue weighted by Gasteiger charge is -2.04. The summed E-state index contributed by atoms with van der Waals surface area (Å²) < 4.78 is 41.6. The minimum Gasteiger partial charge on any atom is -0.376 e. The predicted molar refractivity (Wildman–Crippen MR) is 51.3 cm³/mol. The van der Waals surface area contributed by atoms with Gasteiger partial charge >= 0.3 is 18.3 Å². The number of alkyl halides is 3. The van der Waals surface area contributed by atoms with Gasteiger partial charge in [-0.15, -0.1) is 0 Å². The Hall–Kier alpha value is -2.25. The highest BCUT2D eigenvalue weighted by Gasteiger charge is 2.30. The molecular formula is C9H6F3N3O2. The molecule has 3 N–H and O–H groups in total. The Labute approximate surface area is 92.4 Å². The number of aromatic nitrogens is 2. The molecule has 8 heteroatoms. The number of nitrogens with one attached hydrogen (secondary N) is 1. The molecule has 0 saturated carbocycles. The van der Waals surface area contributed by atoms with Gasteiger partial charge in [-0.2, -0.15) is 18.2 Å². The Morgan fingerprint density at radius 3 is 2.71 bits per heavy atom. The average molecular weight is 245 g/mol. The standard InChI is InChI=1S/C9H6F3N3O2/c10-9(11,12)4-1-2-5-6(3-4)15-8(14-5)17-7(13)16/h1-3H,(H2,13,16)(H,14,15). The summed E-state index contributed by atoms with van der Waals surface area (Å²) in [6.45, 7) is 0. The number of nitrogens with zero attached hydrogens (tertiary/aromatic N) is 1. The number of hydrogen-bond acceptors (Lipinski definition) is 3. The topological polar surface area (TPSA) is 81.0 Å². The van der Waals surface area contributed by atoms with Crippen LogP contribution in [0.5, 0.6) is 6.01 Å². The number of carbonyl (C=O) groups is 1. The van der Waals surface area contributed by atoms with Crippen molar-refractivity contribution in [3.8, 4) is 6.01 Å². The van der Waals surface area contributed by atoms with Crippen LogP contribution >= 0.6 is 0 Å². The molecule has 0 spiro atoms. The van der Waals surface area contributed by atoms with Crippen LogP contribution in [0.2, 0.25) is 0 Å². The minimum atomic E-state index is -4.44. The van der Waals surface area contributed by atoms with E-state index in [4.69, 9.17) is 5.73 Å². The second-order valence-corrected chi connectivity index (χ2v) is 3.19. The van der Waals surface area contributed by atoms with Gasteiger partial charge in [0, 0.05) is 0 Å². The number of ether oxygens (including phenoxy) is 1. The number of imidazole rings is 1. The molecule has 0 aliphatic heterocycles. The first-order valence-electron chi connectivity index (χ1n) is 4.40. The molecule has 0 atom stereocenters. The molecule has 1 aromatic carbocycles. The molecule has 0 radical (unpaired) electrons. The molecule has 0 fully saturated rings. The molecule has 0 aliphatic rings. The molecule has 0 unspecified atom stereocenters. The summed E-state index contributed by atoms with van der Waals surface area (Å²) in [6.07, 6.45) is -5.54. The van der Waals surface area contributed by atoms with Gasteiger partial charge in [-0.3, -0.25) is 0 Å². The molecule has 1 heterocycles. The van der Waals surface area contributed by atoms with Crippen LogP contribution in [0.1, 0.15) is 5.56 Å². The number of primary amides is 1. The Bertz CT molecular complexity index is 576. The molecule has 2 rings (SSSR count). The van der Waals surface area contributed by atoms with E-state index >= 15 is 0 Å². The summed E-state index contributed by atoms with van der Waals surface area (Å²) >= 11 is 0. The largest absolute Gasteiger partial charge is 0.416 e. The van der Waals surface area contributed by atoms with Crippen molar-refractivity contribution in [2.45, 2.75) is 6.18 Å². The van der Waals surface area contributed by atoms with Gasteiger partial charge in [0.1, 0.15) is 0 Å². The number of nitrogens with two attached hydrogens (primary N) is 1. The number of H-pyrrole nitrogens is 1. The van der Waals surface area contributed by atoms with Crippen LogP contribution in [0.25, 0.3) is 11.0 Å². The molecule has 0 bridgehead atoms. The van der Waals surface area contributed by atoms with Crippen LogP contribution < -0.4 is 10.5 Å². The van der Waals surface area contributed by atoms with Crippen molar-refractivity contribution in [2.24, 2.45) is 5.73 Å². The van der Waals surface area contributed by atoms with Crippen LogP contribution in [0.3, 0.4) is 0 Å². The highest BCUT2D eigenvalue weighted by molar-refractivity contribution is 5.77. The van der Waals surface area contributed by atoms with Crippen molar-refractivity contribution < 1.29 is 22.7 Å². The molecule has 1 aromatic heterocycles. The quantitative estimate of drug-likeness (QED) is 0.806. The van der Waals surface area contributed by atoms with E-state index in [9.17, 15) is 18.0 Å². The summed E-state index contributed by atoms with van der Waals surface area (Å²) in [5, 5.41) is 0. The number of fused-ring (bicyclic) bond motifs is 1. The van der Waals surface area contributed by atoms with Gasteiger partial charge in [-0.05, 0) is 18.2 Å². The molecule has 0 aliphatic carbocycles. The number of aromatic amines is 1. The third-order valence-electron chi connectivity index (χ3n) is 1.98. The summed E-state index contributed by atoms with van der Waals surface area (Å²) in [6, 6.07) is 2.68. The zero-order valence-corrected chi connectivity index (χ0v) is 8.21.